The van der Waals surface area contributed by atoms with E-state index in [4.69, 9.17) is 4.74 Å². The Balaban J connectivity index is 2.27. The molecular formula is C15H26N4O. The summed E-state index contributed by atoms with van der Waals surface area (Å²) >= 11 is 0. The molecule has 1 aromatic heterocycles. The Labute approximate surface area is 121 Å². The number of aromatic nitrogens is 2. The van der Waals surface area contributed by atoms with Crippen LogP contribution >= 0.6 is 0 Å². The zero-order chi connectivity index (χ0) is 14.6. The van der Waals surface area contributed by atoms with Gasteiger partial charge in [-0.25, -0.2) is 9.97 Å². The van der Waals surface area contributed by atoms with Crippen molar-refractivity contribution in [1.29, 1.82) is 0 Å². The van der Waals surface area contributed by atoms with Gasteiger partial charge in [-0.2, -0.15) is 0 Å². The van der Waals surface area contributed by atoms with Crippen LogP contribution in [-0.4, -0.2) is 36.7 Å². The van der Waals surface area contributed by atoms with Crippen molar-refractivity contribution in [2.24, 2.45) is 5.41 Å². The van der Waals surface area contributed by atoms with E-state index < -0.39 is 0 Å². The van der Waals surface area contributed by atoms with Crippen molar-refractivity contribution in [2.45, 2.75) is 40.0 Å². The lowest BCUT2D eigenvalue weighted by atomic mass is 9.82. The lowest BCUT2D eigenvalue weighted by Gasteiger charge is -2.27. The second kappa shape index (κ2) is 6.29. The van der Waals surface area contributed by atoms with Crippen molar-refractivity contribution in [2.75, 3.05) is 37.0 Å². The Hall–Kier alpha value is -1.52. The van der Waals surface area contributed by atoms with Crippen LogP contribution in [0.5, 0.6) is 5.75 Å². The molecule has 0 amide bonds. The van der Waals surface area contributed by atoms with Crippen LogP contribution in [-0.2, 0) is 0 Å². The molecule has 0 spiro atoms. The molecule has 1 aliphatic rings. The quantitative estimate of drug-likeness (QED) is 0.867. The molecule has 0 aliphatic carbocycles. The molecule has 112 valence electrons. The second-order valence-electron chi connectivity index (χ2n) is 5.49. The molecule has 20 heavy (non-hydrogen) atoms. The number of ether oxygens (including phenoxy) is 1. The standard InChI is InChI=1S/C15H26N4O/c1-5-15(6-2)8-9-19(10-15)14-12(20-4)13(16-7-3)17-11-18-14/h11H,5-10H2,1-4H3,(H,16,17,18). The van der Waals surface area contributed by atoms with Crippen LogP contribution in [0.4, 0.5) is 11.6 Å². The van der Waals surface area contributed by atoms with Crippen molar-refractivity contribution in [3.8, 4) is 5.75 Å². The van der Waals surface area contributed by atoms with Gasteiger partial charge in [0, 0.05) is 19.6 Å². The van der Waals surface area contributed by atoms with E-state index in [1.807, 2.05) is 0 Å². The molecule has 0 atom stereocenters. The molecule has 1 aromatic rings. The summed E-state index contributed by atoms with van der Waals surface area (Å²) in [7, 11) is 1.69. The van der Waals surface area contributed by atoms with Crippen molar-refractivity contribution in [3.05, 3.63) is 6.33 Å². The van der Waals surface area contributed by atoms with Gasteiger partial charge < -0.3 is 15.0 Å². The minimum atomic E-state index is 0.425. The van der Waals surface area contributed by atoms with E-state index in [1.54, 1.807) is 13.4 Å². The smallest absolute Gasteiger partial charge is 0.204 e. The Morgan fingerprint density at radius 3 is 2.60 bits per heavy atom. The van der Waals surface area contributed by atoms with E-state index in [9.17, 15) is 0 Å². The molecule has 2 rings (SSSR count). The average molecular weight is 278 g/mol. The fraction of sp³-hybridized carbons (Fsp3) is 0.733. The highest BCUT2D eigenvalue weighted by Gasteiger charge is 2.36. The SMILES string of the molecule is CCNc1ncnc(N2CCC(CC)(CC)C2)c1OC. The first-order valence-electron chi connectivity index (χ1n) is 7.57. The first kappa shape index (κ1) is 14.9. The zero-order valence-corrected chi connectivity index (χ0v) is 13.1. The van der Waals surface area contributed by atoms with Gasteiger partial charge in [0.25, 0.3) is 0 Å². The fourth-order valence-corrected chi connectivity index (χ4v) is 3.01. The molecular weight excluding hydrogens is 252 g/mol. The minimum Gasteiger partial charge on any atom is -0.490 e. The molecule has 1 aliphatic heterocycles. The maximum Gasteiger partial charge on any atom is 0.204 e. The summed E-state index contributed by atoms with van der Waals surface area (Å²) in [5.41, 5.74) is 0.425. The van der Waals surface area contributed by atoms with Crippen LogP contribution in [0.2, 0.25) is 0 Å². The molecule has 0 saturated carbocycles. The minimum absolute atomic E-state index is 0.425. The predicted molar refractivity (Wildman–Crippen MR) is 82.6 cm³/mol. The number of hydrogen-bond donors (Lipinski definition) is 1. The van der Waals surface area contributed by atoms with E-state index >= 15 is 0 Å². The van der Waals surface area contributed by atoms with Gasteiger partial charge in [-0.05, 0) is 31.6 Å². The summed E-state index contributed by atoms with van der Waals surface area (Å²) in [5, 5.41) is 3.24. The Kier molecular flexibility index (Phi) is 4.68. The van der Waals surface area contributed by atoms with E-state index in [1.165, 1.54) is 19.3 Å². The molecule has 2 heterocycles. The highest BCUT2D eigenvalue weighted by Crippen LogP contribution is 2.42. The van der Waals surface area contributed by atoms with Gasteiger partial charge in [0.05, 0.1) is 7.11 Å². The maximum absolute atomic E-state index is 5.55. The summed E-state index contributed by atoms with van der Waals surface area (Å²) in [6.07, 6.45) is 5.28. The molecule has 1 saturated heterocycles. The number of rotatable bonds is 6. The van der Waals surface area contributed by atoms with Crippen molar-refractivity contribution >= 4 is 11.6 Å². The van der Waals surface area contributed by atoms with Gasteiger partial charge in [0.2, 0.25) is 5.75 Å². The molecule has 1 N–H and O–H groups in total. The summed E-state index contributed by atoms with van der Waals surface area (Å²) in [5.74, 6) is 2.46. The van der Waals surface area contributed by atoms with Gasteiger partial charge in [0.1, 0.15) is 6.33 Å². The third-order valence-corrected chi connectivity index (χ3v) is 4.57. The Morgan fingerprint density at radius 1 is 1.30 bits per heavy atom. The zero-order valence-electron chi connectivity index (χ0n) is 13.1. The van der Waals surface area contributed by atoms with E-state index in [-0.39, 0.29) is 0 Å². The number of nitrogens with one attached hydrogen (secondary N) is 1. The molecule has 0 radical (unpaired) electrons. The number of nitrogens with zero attached hydrogens (tertiary/aromatic N) is 3. The first-order valence-corrected chi connectivity index (χ1v) is 7.57. The van der Waals surface area contributed by atoms with Crippen molar-refractivity contribution < 1.29 is 4.74 Å². The number of hydrogen-bond acceptors (Lipinski definition) is 5. The molecule has 5 nitrogen and oxygen atoms in total. The van der Waals surface area contributed by atoms with Gasteiger partial charge in [-0.1, -0.05) is 13.8 Å². The largest absolute Gasteiger partial charge is 0.490 e. The van der Waals surface area contributed by atoms with Gasteiger partial charge >= 0.3 is 0 Å². The van der Waals surface area contributed by atoms with Gasteiger partial charge in [0.15, 0.2) is 11.6 Å². The van der Waals surface area contributed by atoms with E-state index in [2.05, 4.69) is 41.0 Å². The second-order valence-corrected chi connectivity index (χ2v) is 5.49. The summed E-state index contributed by atoms with van der Waals surface area (Å²) in [4.78, 5) is 11.1. The van der Waals surface area contributed by atoms with Crippen LogP contribution in [0.3, 0.4) is 0 Å². The monoisotopic (exact) mass is 278 g/mol. The summed E-state index contributed by atoms with van der Waals surface area (Å²) < 4.78 is 5.55. The maximum atomic E-state index is 5.55. The van der Waals surface area contributed by atoms with Crippen molar-refractivity contribution in [3.63, 3.8) is 0 Å². The van der Waals surface area contributed by atoms with Crippen LogP contribution < -0.4 is 15.0 Å². The highest BCUT2D eigenvalue weighted by atomic mass is 16.5. The fourth-order valence-electron chi connectivity index (χ4n) is 3.01. The van der Waals surface area contributed by atoms with Gasteiger partial charge in [-0.15, -0.1) is 0 Å². The van der Waals surface area contributed by atoms with E-state index in [0.29, 0.717) is 5.41 Å². The molecule has 0 aromatic carbocycles. The highest BCUT2D eigenvalue weighted by molar-refractivity contribution is 5.65. The van der Waals surface area contributed by atoms with Crippen LogP contribution in [0.1, 0.15) is 40.0 Å². The lowest BCUT2D eigenvalue weighted by molar-refractivity contribution is 0.301. The predicted octanol–water partition coefficient (Wildman–Crippen LogP) is 2.93. The third-order valence-electron chi connectivity index (χ3n) is 4.57. The Morgan fingerprint density at radius 2 is 2.05 bits per heavy atom. The molecule has 0 bridgehead atoms. The van der Waals surface area contributed by atoms with Crippen LogP contribution in [0.15, 0.2) is 6.33 Å². The topological polar surface area (TPSA) is 50.3 Å². The first-order chi connectivity index (χ1) is 9.69. The van der Waals surface area contributed by atoms with Crippen LogP contribution in [0, 0.1) is 5.41 Å². The molecule has 0 unspecified atom stereocenters. The van der Waals surface area contributed by atoms with Crippen molar-refractivity contribution in [1.82, 2.24) is 9.97 Å². The van der Waals surface area contributed by atoms with Crippen LogP contribution in [0.25, 0.3) is 0 Å². The van der Waals surface area contributed by atoms with Gasteiger partial charge in [-0.3, -0.25) is 0 Å². The third kappa shape index (κ3) is 2.67. The molecule has 5 heteroatoms. The number of methoxy groups -OCH3 is 1. The Bertz CT molecular complexity index is 445. The average Bonchev–Trinajstić information content (AvgIpc) is 2.92. The molecule has 1 fully saturated rings. The normalized spacial score (nSPS) is 17.3. The summed E-state index contributed by atoms with van der Waals surface area (Å²) in [6.45, 7) is 9.54. The number of anilines is 2. The van der Waals surface area contributed by atoms with E-state index in [0.717, 1.165) is 37.0 Å². The lowest BCUT2D eigenvalue weighted by Crippen LogP contribution is -2.27. The summed E-state index contributed by atoms with van der Waals surface area (Å²) in [6, 6.07) is 0.